The van der Waals surface area contributed by atoms with E-state index in [2.05, 4.69) is 65.4 Å². The molecule has 0 radical (unpaired) electrons. The fourth-order valence-corrected chi connectivity index (χ4v) is 3.33. The summed E-state index contributed by atoms with van der Waals surface area (Å²) in [7, 11) is 0. The van der Waals surface area contributed by atoms with E-state index in [0.717, 1.165) is 18.9 Å². The lowest BCUT2D eigenvalue weighted by molar-refractivity contribution is 0.379. The van der Waals surface area contributed by atoms with Crippen LogP contribution in [0.1, 0.15) is 36.9 Å². The van der Waals surface area contributed by atoms with Crippen molar-refractivity contribution in [2.45, 2.75) is 38.8 Å². The van der Waals surface area contributed by atoms with Gasteiger partial charge in [0.05, 0.1) is 0 Å². The normalized spacial score (nSPS) is 17.5. The van der Waals surface area contributed by atoms with Gasteiger partial charge in [0.25, 0.3) is 0 Å². The predicted octanol–water partition coefficient (Wildman–Crippen LogP) is 3.71. The largest absolute Gasteiger partial charge is 0.357 e. The van der Waals surface area contributed by atoms with Gasteiger partial charge in [-0.05, 0) is 49.9 Å². The van der Waals surface area contributed by atoms with E-state index in [1.54, 1.807) is 0 Å². The van der Waals surface area contributed by atoms with E-state index in [4.69, 9.17) is 0 Å². The number of pyridine rings is 1. The summed E-state index contributed by atoms with van der Waals surface area (Å²) in [6.45, 7) is 6.62. The highest BCUT2D eigenvalue weighted by molar-refractivity contribution is 5.38. The summed E-state index contributed by atoms with van der Waals surface area (Å²) in [5, 5.41) is 3.80. The first-order valence-corrected chi connectivity index (χ1v) is 8.21. The third-order valence-corrected chi connectivity index (χ3v) is 4.61. The van der Waals surface area contributed by atoms with Gasteiger partial charge in [-0.2, -0.15) is 0 Å². The Morgan fingerprint density at radius 2 is 1.82 bits per heavy atom. The van der Waals surface area contributed by atoms with Crippen LogP contribution in [0.15, 0.2) is 48.7 Å². The quantitative estimate of drug-likeness (QED) is 0.932. The van der Waals surface area contributed by atoms with Crippen molar-refractivity contribution in [3.63, 3.8) is 0 Å². The minimum Gasteiger partial charge on any atom is -0.357 e. The van der Waals surface area contributed by atoms with Crippen molar-refractivity contribution < 1.29 is 0 Å². The molecule has 0 spiro atoms. The summed E-state index contributed by atoms with van der Waals surface area (Å²) in [5.41, 5.74) is 2.78. The molecule has 3 nitrogen and oxygen atoms in total. The maximum Gasteiger partial charge on any atom is 0.128 e. The van der Waals surface area contributed by atoms with Crippen LogP contribution >= 0.6 is 0 Å². The number of piperidine rings is 1. The number of rotatable bonds is 4. The van der Waals surface area contributed by atoms with Crippen molar-refractivity contribution in [1.29, 1.82) is 0 Å². The molecule has 1 aromatic carbocycles. The zero-order chi connectivity index (χ0) is 15.4. The van der Waals surface area contributed by atoms with Gasteiger partial charge < -0.3 is 10.2 Å². The van der Waals surface area contributed by atoms with Crippen LogP contribution in [0.4, 0.5) is 5.82 Å². The number of aromatic nitrogens is 1. The van der Waals surface area contributed by atoms with Gasteiger partial charge in [-0.1, -0.05) is 30.3 Å². The van der Waals surface area contributed by atoms with E-state index in [9.17, 15) is 0 Å². The molecule has 2 heterocycles. The summed E-state index contributed by atoms with van der Waals surface area (Å²) in [6.07, 6.45) is 4.22. The Morgan fingerprint density at radius 3 is 2.50 bits per heavy atom. The summed E-state index contributed by atoms with van der Waals surface area (Å²) >= 11 is 0. The van der Waals surface area contributed by atoms with Crippen molar-refractivity contribution in [1.82, 2.24) is 10.3 Å². The van der Waals surface area contributed by atoms with Gasteiger partial charge in [-0.15, -0.1) is 0 Å². The van der Waals surface area contributed by atoms with Gasteiger partial charge >= 0.3 is 0 Å². The monoisotopic (exact) mass is 295 g/mol. The molecule has 3 rings (SSSR count). The zero-order valence-electron chi connectivity index (χ0n) is 13.5. The highest BCUT2D eigenvalue weighted by atomic mass is 15.2. The number of hydrogen-bond donors (Lipinski definition) is 1. The van der Waals surface area contributed by atoms with Gasteiger partial charge in [0.15, 0.2) is 0 Å². The van der Waals surface area contributed by atoms with Crippen molar-refractivity contribution in [2.24, 2.45) is 0 Å². The molecule has 1 fully saturated rings. The van der Waals surface area contributed by atoms with E-state index in [0.29, 0.717) is 12.1 Å². The minimum absolute atomic E-state index is 0.410. The van der Waals surface area contributed by atoms with Crippen LogP contribution in [0.2, 0.25) is 0 Å². The van der Waals surface area contributed by atoms with Gasteiger partial charge in [0, 0.05) is 31.4 Å². The van der Waals surface area contributed by atoms with Crippen LogP contribution in [-0.2, 0) is 0 Å². The highest BCUT2D eigenvalue weighted by Gasteiger charge is 2.21. The number of benzene rings is 1. The van der Waals surface area contributed by atoms with Crippen LogP contribution in [0.25, 0.3) is 0 Å². The van der Waals surface area contributed by atoms with Crippen LogP contribution < -0.4 is 10.2 Å². The smallest absolute Gasteiger partial charge is 0.128 e. The Hall–Kier alpha value is -1.87. The maximum atomic E-state index is 4.45. The molecule has 0 amide bonds. The van der Waals surface area contributed by atoms with Crippen LogP contribution in [0.3, 0.4) is 0 Å². The highest BCUT2D eigenvalue weighted by Crippen LogP contribution is 2.22. The molecule has 3 heteroatoms. The van der Waals surface area contributed by atoms with Gasteiger partial charge in [0.1, 0.15) is 5.82 Å². The standard InChI is InChI=1S/C19H25N3/c1-15-7-3-4-8-18(15)16(2)21-17-10-13-22(14-11-17)19-9-5-6-12-20-19/h3-9,12,16-17,21H,10-11,13-14H2,1-2H3/t16-/m0/s1. The molecule has 1 aromatic heterocycles. The Kier molecular flexibility index (Phi) is 4.74. The van der Waals surface area contributed by atoms with Crippen molar-refractivity contribution in [2.75, 3.05) is 18.0 Å². The summed E-state index contributed by atoms with van der Waals surface area (Å²) in [5.74, 6) is 1.10. The Bertz CT molecular complexity index is 589. The third-order valence-electron chi connectivity index (χ3n) is 4.61. The molecule has 1 aliphatic rings. The Labute approximate surface area is 133 Å². The van der Waals surface area contributed by atoms with Crippen molar-refractivity contribution >= 4 is 5.82 Å². The molecule has 1 atom stereocenters. The number of anilines is 1. The lowest BCUT2D eigenvalue weighted by atomic mass is 9.99. The molecule has 0 unspecified atom stereocenters. The SMILES string of the molecule is Cc1ccccc1[C@H](C)NC1CCN(c2ccccn2)CC1. The fraction of sp³-hybridized carbons (Fsp3) is 0.421. The first-order chi connectivity index (χ1) is 10.7. The van der Waals surface area contributed by atoms with E-state index >= 15 is 0 Å². The number of nitrogens with one attached hydrogen (secondary N) is 1. The molecule has 1 saturated heterocycles. The number of hydrogen-bond acceptors (Lipinski definition) is 3. The molecule has 0 saturated carbocycles. The Morgan fingerprint density at radius 1 is 1.09 bits per heavy atom. The Balaban J connectivity index is 1.55. The zero-order valence-corrected chi connectivity index (χ0v) is 13.5. The lowest BCUT2D eigenvalue weighted by Crippen LogP contribution is -2.43. The van der Waals surface area contributed by atoms with Crippen LogP contribution in [0, 0.1) is 6.92 Å². The summed E-state index contributed by atoms with van der Waals surface area (Å²) < 4.78 is 0. The maximum absolute atomic E-state index is 4.45. The van der Waals surface area contributed by atoms with E-state index in [1.807, 2.05) is 12.3 Å². The van der Waals surface area contributed by atoms with E-state index in [-0.39, 0.29) is 0 Å². The van der Waals surface area contributed by atoms with Gasteiger partial charge in [-0.25, -0.2) is 4.98 Å². The van der Waals surface area contributed by atoms with Crippen LogP contribution in [-0.4, -0.2) is 24.1 Å². The fourth-order valence-electron chi connectivity index (χ4n) is 3.33. The first-order valence-electron chi connectivity index (χ1n) is 8.21. The first kappa shape index (κ1) is 15.0. The topological polar surface area (TPSA) is 28.2 Å². The van der Waals surface area contributed by atoms with E-state index in [1.165, 1.54) is 24.0 Å². The second-order valence-electron chi connectivity index (χ2n) is 6.19. The third kappa shape index (κ3) is 3.47. The molecule has 0 bridgehead atoms. The summed E-state index contributed by atoms with van der Waals surface area (Å²) in [6, 6.07) is 15.8. The van der Waals surface area contributed by atoms with Gasteiger partial charge in [0.2, 0.25) is 0 Å². The van der Waals surface area contributed by atoms with Crippen molar-refractivity contribution in [3.8, 4) is 0 Å². The van der Waals surface area contributed by atoms with Crippen LogP contribution in [0.5, 0.6) is 0 Å². The molecule has 116 valence electrons. The number of aryl methyl sites for hydroxylation is 1. The molecule has 1 aliphatic heterocycles. The molecule has 22 heavy (non-hydrogen) atoms. The second-order valence-corrected chi connectivity index (χ2v) is 6.19. The molecular weight excluding hydrogens is 270 g/mol. The molecule has 1 N–H and O–H groups in total. The van der Waals surface area contributed by atoms with Gasteiger partial charge in [-0.3, -0.25) is 0 Å². The molecular formula is C19H25N3. The van der Waals surface area contributed by atoms with E-state index < -0.39 is 0 Å². The summed E-state index contributed by atoms with van der Waals surface area (Å²) in [4.78, 5) is 6.84. The average molecular weight is 295 g/mol. The predicted molar refractivity (Wildman–Crippen MR) is 92.2 cm³/mol. The molecule has 0 aliphatic carbocycles. The number of nitrogens with zero attached hydrogens (tertiary/aromatic N) is 2. The lowest BCUT2D eigenvalue weighted by Gasteiger charge is -2.34. The minimum atomic E-state index is 0.410. The second kappa shape index (κ2) is 6.93. The average Bonchev–Trinajstić information content (AvgIpc) is 2.57. The van der Waals surface area contributed by atoms with Crippen molar-refractivity contribution in [3.05, 3.63) is 59.8 Å². The molecule has 2 aromatic rings.